The van der Waals surface area contributed by atoms with Crippen LogP contribution >= 0.6 is 47.0 Å². The Bertz CT molecular complexity index is 594. The minimum Gasteiger partial charge on any atom is -0.506 e. The zero-order valence-electron chi connectivity index (χ0n) is 13.2. The molecule has 2 aromatic carbocycles. The number of hydrogen-bond acceptors (Lipinski definition) is 7. The highest BCUT2D eigenvalue weighted by Gasteiger charge is 2.13. The number of aromatic hydroxyl groups is 2. The van der Waals surface area contributed by atoms with Gasteiger partial charge in [0.15, 0.2) is 0 Å². The molecule has 7 heteroatoms. The van der Waals surface area contributed by atoms with Crippen molar-refractivity contribution in [2.75, 3.05) is 25.0 Å². The van der Waals surface area contributed by atoms with Crippen LogP contribution < -0.4 is 4.74 Å². The standard InChI is InChI=1S/C16H18O3S4/c1-20-11-5-9(6-12(21-2)15(11)17)19-10-7-13(22-3)16(18)14(8-10)23-4/h5-8,17-18H,1-4H3. The summed E-state index contributed by atoms with van der Waals surface area (Å²) < 4.78 is 5.98. The zero-order valence-corrected chi connectivity index (χ0v) is 16.5. The number of thioether (sulfide) groups is 4. The molecule has 0 aromatic heterocycles. The maximum absolute atomic E-state index is 10.1. The van der Waals surface area contributed by atoms with Gasteiger partial charge in [-0.05, 0) is 49.3 Å². The number of benzene rings is 2. The summed E-state index contributed by atoms with van der Waals surface area (Å²) in [4.78, 5) is 3.11. The van der Waals surface area contributed by atoms with Crippen molar-refractivity contribution in [3.63, 3.8) is 0 Å². The Morgan fingerprint density at radius 2 is 0.870 bits per heavy atom. The third kappa shape index (κ3) is 4.21. The number of phenolic OH excluding ortho intramolecular Hbond substituents is 2. The highest BCUT2D eigenvalue weighted by Crippen LogP contribution is 2.43. The lowest BCUT2D eigenvalue weighted by Gasteiger charge is -2.14. The SMILES string of the molecule is CSc1cc(Oc2cc(SC)c(O)c(SC)c2)cc(SC)c1O. The normalized spacial score (nSPS) is 10.8. The summed E-state index contributed by atoms with van der Waals surface area (Å²) in [6.45, 7) is 0. The van der Waals surface area contributed by atoms with Crippen LogP contribution in [0, 0.1) is 0 Å². The van der Waals surface area contributed by atoms with Crippen molar-refractivity contribution < 1.29 is 14.9 Å². The summed E-state index contributed by atoms with van der Waals surface area (Å²) in [5.41, 5.74) is 0. The van der Waals surface area contributed by atoms with Crippen molar-refractivity contribution in [1.29, 1.82) is 0 Å². The quantitative estimate of drug-likeness (QED) is 0.610. The van der Waals surface area contributed by atoms with Gasteiger partial charge in [0.05, 0.1) is 19.6 Å². The predicted molar refractivity (Wildman–Crippen MR) is 103 cm³/mol. The van der Waals surface area contributed by atoms with Gasteiger partial charge >= 0.3 is 0 Å². The van der Waals surface area contributed by atoms with Gasteiger partial charge in [-0.3, -0.25) is 0 Å². The van der Waals surface area contributed by atoms with Crippen LogP contribution in [0.25, 0.3) is 0 Å². The van der Waals surface area contributed by atoms with Crippen LogP contribution in [0.15, 0.2) is 43.8 Å². The summed E-state index contributed by atoms with van der Waals surface area (Å²) in [5.74, 6) is 1.91. The first-order valence-corrected chi connectivity index (χ1v) is 11.5. The first-order valence-electron chi connectivity index (χ1n) is 6.61. The highest BCUT2D eigenvalue weighted by atomic mass is 32.2. The number of rotatable bonds is 6. The number of phenols is 2. The van der Waals surface area contributed by atoms with Crippen molar-refractivity contribution in [3.8, 4) is 23.0 Å². The maximum atomic E-state index is 10.1. The predicted octanol–water partition coefficient (Wildman–Crippen LogP) is 5.78. The van der Waals surface area contributed by atoms with Gasteiger partial charge < -0.3 is 14.9 Å². The van der Waals surface area contributed by atoms with E-state index < -0.39 is 0 Å². The van der Waals surface area contributed by atoms with E-state index in [2.05, 4.69) is 0 Å². The Morgan fingerprint density at radius 3 is 1.09 bits per heavy atom. The molecule has 0 fully saturated rings. The smallest absolute Gasteiger partial charge is 0.142 e. The average Bonchev–Trinajstić information content (AvgIpc) is 2.57. The molecule has 0 aliphatic heterocycles. The van der Waals surface area contributed by atoms with Gasteiger partial charge in [-0.1, -0.05) is 0 Å². The van der Waals surface area contributed by atoms with E-state index in [1.54, 1.807) is 0 Å². The maximum Gasteiger partial charge on any atom is 0.142 e. The molecular formula is C16H18O3S4. The summed E-state index contributed by atoms with van der Waals surface area (Å²) in [6.07, 6.45) is 7.67. The Kier molecular flexibility index (Phi) is 6.76. The zero-order chi connectivity index (χ0) is 17.0. The molecule has 2 aromatic rings. The lowest BCUT2D eigenvalue weighted by molar-refractivity contribution is 0.431. The lowest BCUT2D eigenvalue weighted by atomic mass is 10.3. The molecule has 0 aliphatic rings. The highest BCUT2D eigenvalue weighted by molar-refractivity contribution is 8.00. The van der Waals surface area contributed by atoms with E-state index in [4.69, 9.17) is 4.74 Å². The van der Waals surface area contributed by atoms with Crippen LogP contribution in [0.4, 0.5) is 0 Å². The fourth-order valence-electron chi connectivity index (χ4n) is 1.99. The van der Waals surface area contributed by atoms with E-state index in [-0.39, 0.29) is 11.5 Å². The Hall–Kier alpha value is -0.760. The summed E-state index contributed by atoms with van der Waals surface area (Å²) in [7, 11) is 0. The van der Waals surface area contributed by atoms with Gasteiger partial charge in [0.2, 0.25) is 0 Å². The molecule has 2 rings (SSSR count). The molecule has 0 saturated carbocycles. The molecule has 23 heavy (non-hydrogen) atoms. The Morgan fingerprint density at radius 1 is 0.609 bits per heavy atom. The van der Waals surface area contributed by atoms with E-state index in [0.717, 1.165) is 19.6 Å². The largest absolute Gasteiger partial charge is 0.506 e. The summed E-state index contributed by atoms with van der Waals surface area (Å²) in [5, 5.41) is 20.3. The molecule has 0 radical (unpaired) electrons. The van der Waals surface area contributed by atoms with Crippen molar-refractivity contribution in [1.82, 2.24) is 0 Å². The van der Waals surface area contributed by atoms with Crippen LogP contribution in [-0.4, -0.2) is 35.2 Å². The third-order valence-electron chi connectivity index (χ3n) is 3.14. The lowest BCUT2D eigenvalue weighted by Crippen LogP contribution is -1.89. The molecular weight excluding hydrogens is 368 g/mol. The fourth-order valence-corrected chi connectivity index (χ4v) is 4.27. The van der Waals surface area contributed by atoms with Crippen LogP contribution in [0.3, 0.4) is 0 Å². The first-order chi connectivity index (χ1) is 11.0. The molecule has 0 spiro atoms. The monoisotopic (exact) mass is 386 g/mol. The second-order valence-electron chi connectivity index (χ2n) is 4.45. The minimum atomic E-state index is 0.290. The first kappa shape index (κ1) is 18.6. The molecule has 0 unspecified atom stereocenters. The van der Waals surface area contributed by atoms with Crippen molar-refractivity contribution in [3.05, 3.63) is 24.3 Å². The molecule has 0 bridgehead atoms. The number of hydrogen-bond donors (Lipinski definition) is 2. The molecule has 0 saturated heterocycles. The van der Waals surface area contributed by atoms with Gasteiger partial charge in [-0.2, -0.15) is 0 Å². The Labute approximate surface area is 153 Å². The van der Waals surface area contributed by atoms with Gasteiger partial charge in [0.25, 0.3) is 0 Å². The van der Waals surface area contributed by atoms with Gasteiger partial charge in [0, 0.05) is 0 Å². The van der Waals surface area contributed by atoms with Crippen LogP contribution in [0.2, 0.25) is 0 Å². The van der Waals surface area contributed by atoms with Gasteiger partial charge in [-0.25, -0.2) is 0 Å². The second kappa shape index (κ2) is 8.37. The molecule has 124 valence electrons. The molecule has 3 nitrogen and oxygen atoms in total. The van der Waals surface area contributed by atoms with Crippen molar-refractivity contribution >= 4 is 47.0 Å². The van der Waals surface area contributed by atoms with Gasteiger partial charge in [-0.15, -0.1) is 47.0 Å². The summed E-state index contributed by atoms with van der Waals surface area (Å²) >= 11 is 5.90. The summed E-state index contributed by atoms with van der Waals surface area (Å²) in [6, 6.07) is 7.29. The number of ether oxygens (including phenoxy) is 1. The Balaban J connectivity index is 2.43. The van der Waals surface area contributed by atoms with E-state index in [1.807, 2.05) is 49.3 Å². The molecule has 0 heterocycles. The fraction of sp³-hybridized carbons (Fsp3) is 0.250. The molecule has 0 amide bonds. The van der Waals surface area contributed by atoms with E-state index >= 15 is 0 Å². The second-order valence-corrected chi connectivity index (χ2v) is 7.85. The van der Waals surface area contributed by atoms with E-state index in [9.17, 15) is 10.2 Å². The van der Waals surface area contributed by atoms with Gasteiger partial charge in [0.1, 0.15) is 23.0 Å². The molecule has 0 aliphatic carbocycles. The average molecular weight is 387 g/mol. The van der Waals surface area contributed by atoms with E-state index in [0.29, 0.717) is 11.5 Å². The van der Waals surface area contributed by atoms with Crippen LogP contribution in [-0.2, 0) is 0 Å². The topological polar surface area (TPSA) is 49.7 Å². The van der Waals surface area contributed by atoms with Crippen LogP contribution in [0.5, 0.6) is 23.0 Å². The van der Waals surface area contributed by atoms with E-state index in [1.165, 1.54) is 47.0 Å². The van der Waals surface area contributed by atoms with Crippen molar-refractivity contribution in [2.24, 2.45) is 0 Å². The minimum absolute atomic E-state index is 0.290. The van der Waals surface area contributed by atoms with Crippen LogP contribution in [0.1, 0.15) is 0 Å². The third-order valence-corrected chi connectivity index (χ3v) is 6.15. The molecule has 2 N–H and O–H groups in total. The van der Waals surface area contributed by atoms with Crippen molar-refractivity contribution in [2.45, 2.75) is 19.6 Å². The molecule has 0 atom stereocenters.